The smallest absolute Gasteiger partial charge is 0.242 e. The first-order valence-electron chi connectivity index (χ1n) is 10.4. The first-order chi connectivity index (χ1) is 14.3. The molecule has 0 radical (unpaired) electrons. The van der Waals surface area contributed by atoms with E-state index in [2.05, 4.69) is 9.80 Å². The molecule has 5 nitrogen and oxygen atoms in total. The first kappa shape index (κ1) is 20.3. The highest BCUT2D eigenvalue weighted by Crippen LogP contribution is 2.51. The summed E-state index contributed by atoms with van der Waals surface area (Å²) in [5.74, 6) is -0.275. The molecule has 2 aromatic carbocycles. The Hall–Kier alpha value is -1.61. The van der Waals surface area contributed by atoms with E-state index in [9.17, 15) is 12.8 Å². The summed E-state index contributed by atoms with van der Waals surface area (Å²) in [6, 6.07) is 10.3. The van der Waals surface area contributed by atoms with Gasteiger partial charge in [-0.15, -0.1) is 0 Å². The van der Waals surface area contributed by atoms with Gasteiger partial charge in [0.2, 0.25) is 10.0 Å². The zero-order valence-electron chi connectivity index (χ0n) is 17.3. The Bertz CT molecular complexity index is 1090. The van der Waals surface area contributed by atoms with Crippen LogP contribution in [0.5, 0.6) is 0 Å². The van der Waals surface area contributed by atoms with Crippen LogP contribution < -0.4 is 4.90 Å². The third-order valence-corrected chi connectivity index (χ3v) is 9.60. The van der Waals surface area contributed by atoms with Gasteiger partial charge in [-0.1, -0.05) is 11.8 Å². The average Bonchev–Trinajstić information content (AvgIpc) is 3.26. The molecule has 0 saturated carbocycles. The quantitative estimate of drug-likeness (QED) is 0.699. The van der Waals surface area contributed by atoms with E-state index < -0.39 is 10.0 Å². The molecule has 5 rings (SSSR count). The van der Waals surface area contributed by atoms with Crippen molar-refractivity contribution in [2.45, 2.75) is 45.9 Å². The van der Waals surface area contributed by atoms with E-state index in [4.69, 9.17) is 0 Å². The molecular formula is C22H26FN3O2S2. The van der Waals surface area contributed by atoms with Crippen molar-refractivity contribution in [1.29, 1.82) is 0 Å². The van der Waals surface area contributed by atoms with Crippen LogP contribution in [-0.2, 0) is 10.0 Å². The van der Waals surface area contributed by atoms with Crippen LogP contribution in [0.15, 0.2) is 51.1 Å². The normalized spacial score (nSPS) is 20.3. The molecule has 8 heteroatoms. The van der Waals surface area contributed by atoms with Crippen molar-refractivity contribution in [1.82, 2.24) is 9.21 Å². The molecule has 0 amide bonds. The van der Waals surface area contributed by atoms with Gasteiger partial charge >= 0.3 is 0 Å². The SMILES string of the molecule is CN(C)S(=O)(=O)c1ccc2c(c1)Sc1cc(F)ccc1N2CC12CCCN1CCC2. The van der Waals surface area contributed by atoms with Gasteiger partial charge in [0, 0.05) is 36.0 Å². The van der Waals surface area contributed by atoms with Gasteiger partial charge in [-0.3, -0.25) is 4.90 Å². The Morgan fingerprint density at radius 3 is 2.33 bits per heavy atom. The number of halogens is 1. The van der Waals surface area contributed by atoms with Gasteiger partial charge in [0.25, 0.3) is 0 Å². The number of hydrogen-bond donors (Lipinski definition) is 0. The van der Waals surface area contributed by atoms with Crippen molar-refractivity contribution in [3.63, 3.8) is 0 Å². The van der Waals surface area contributed by atoms with Gasteiger partial charge in [-0.2, -0.15) is 0 Å². The molecule has 0 N–H and O–H groups in total. The van der Waals surface area contributed by atoms with Crippen LogP contribution in [0.2, 0.25) is 0 Å². The number of sulfonamides is 1. The maximum atomic E-state index is 14.0. The van der Waals surface area contributed by atoms with E-state index in [0.29, 0.717) is 0 Å². The van der Waals surface area contributed by atoms with Crippen molar-refractivity contribution in [2.24, 2.45) is 0 Å². The average molecular weight is 448 g/mol. The lowest BCUT2D eigenvalue weighted by molar-refractivity contribution is 0.203. The second-order valence-corrected chi connectivity index (χ2v) is 11.9. The Kier molecular flexibility index (Phi) is 4.89. The minimum absolute atomic E-state index is 0.152. The van der Waals surface area contributed by atoms with Crippen LogP contribution in [0.3, 0.4) is 0 Å². The fraction of sp³-hybridized carbons (Fsp3) is 0.455. The van der Waals surface area contributed by atoms with E-state index in [-0.39, 0.29) is 16.3 Å². The summed E-state index contributed by atoms with van der Waals surface area (Å²) in [5.41, 5.74) is 2.16. The molecular weight excluding hydrogens is 421 g/mol. The molecule has 0 bridgehead atoms. The number of hydrogen-bond acceptors (Lipinski definition) is 5. The summed E-state index contributed by atoms with van der Waals surface area (Å²) in [4.78, 5) is 6.86. The second-order valence-electron chi connectivity index (χ2n) is 8.64. The third kappa shape index (κ3) is 3.16. The van der Waals surface area contributed by atoms with Crippen molar-refractivity contribution < 1.29 is 12.8 Å². The van der Waals surface area contributed by atoms with Crippen LogP contribution in [0.1, 0.15) is 25.7 Å². The second kappa shape index (κ2) is 7.22. The summed E-state index contributed by atoms with van der Waals surface area (Å²) in [6.07, 6.45) is 4.78. The van der Waals surface area contributed by atoms with Crippen LogP contribution >= 0.6 is 11.8 Å². The van der Waals surface area contributed by atoms with Crippen LogP contribution in [-0.4, -0.2) is 56.9 Å². The highest BCUT2D eigenvalue weighted by atomic mass is 32.2. The summed E-state index contributed by atoms with van der Waals surface area (Å²) >= 11 is 1.45. The highest BCUT2D eigenvalue weighted by molar-refractivity contribution is 7.99. The topological polar surface area (TPSA) is 43.9 Å². The summed E-state index contributed by atoms with van der Waals surface area (Å²) < 4.78 is 40.6. The number of nitrogens with zero attached hydrogens (tertiary/aromatic N) is 3. The highest BCUT2D eigenvalue weighted by Gasteiger charge is 2.46. The minimum Gasteiger partial charge on any atom is -0.338 e. The monoisotopic (exact) mass is 447 g/mol. The van der Waals surface area contributed by atoms with Crippen LogP contribution in [0, 0.1) is 5.82 Å². The Morgan fingerprint density at radius 1 is 1.03 bits per heavy atom. The first-order valence-corrected chi connectivity index (χ1v) is 12.6. The standard InChI is InChI=1S/C22H26FN3O2S2/c1-24(2)30(27,28)17-6-8-19-21(14-17)29-20-13-16(23)5-7-18(20)26(19)15-22-9-3-11-25(22)12-4-10-22/h5-8,13-14H,3-4,9-12,15H2,1-2H3. The fourth-order valence-electron chi connectivity index (χ4n) is 5.16. The van der Waals surface area contributed by atoms with Crippen molar-refractivity contribution >= 4 is 33.2 Å². The fourth-order valence-corrected chi connectivity index (χ4v) is 7.32. The number of rotatable bonds is 4. The number of benzene rings is 2. The Balaban J connectivity index is 1.61. The van der Waals surface area contributed by atoms with Crippen molar-refractivity contribution in [3.05, 3.63) is 42.2 Å². The molecule has 0 atom stereocenters. The Labute approximate surface area is 181 Å². The van der Waals surface area contributed by atoms with Gasteiger partial charge in [-0.25, -0.2) is 17.1 Å². The maximum absolute atomic E-state index is 14.0. The summed E-state index contributed by atoms with van der Waals surface area (Å²) in [7, 11) is -0.463. The lowest BCUT2D eigenvalue weighted by Crippen LogP contribution is -2.47. The lowest BCUT2D eigenvalue weighted by atomic mass is 9.92. The zero-order chi connectivity index (χ0) is 21.1. The van der Waals surface area contributed by atoms with Crippen LogP contribution in [0.25, 0.3) is 0 Å². The van der Waals surface area contributed by atoms with Crippen molar-refractivity contribution in [2.75, 3.05) is 38.6 Å². The molecule has 2 fully saturated rings. The molecule has 160 valence electrons. The summed E-state index contributed by atoms with van der Waals surface area (Å²) in [6.45, 7) is 3.14. The third-order valence-electron chi connectivity index (χ3n) is 6.70. The van der Waals surface area contributed by atoms with Crippen molar-refractivity contribution in [3.8, 4) is 0 Å². The molecule has 3 heterocycles. The van der Waals surface area contributed by atoms with Crippen LogP contribution in [0.4, 0.5) is 15.8 Å². The molecule has 2 aromatic rings. The number of fused-ring (bicyclic) bond motifs is 3. The predicted octanol–water partition coefficient (Wildman–Crippen LogP) is 4.31. The largest absolute Gasteiger partial charge is 0.338 e. The van der Waals surface area contributed by atoms with Gasteiger partial charge in [-0.05, 0) is 75.2 Å². The van der Waals surface area contributed by atoms with E-state index in [0.717, 1.165) is 40.8 Å². The van der Waals surface area contributed by atoms with E-state index in [1.807, 2.05) is 12.1 Å². The minimum atomic E-state index is -3.53. The predicted molar refractivity (Wildman–Crippen MR) is 118 cm³/mol. The van der Waals surface area contributed by atoms with Gasteiger partial charge in [0.15, 0.2) is 0 Å². The van der Waals surface area contributed by atoms with Gasteiger partial charge in [0.05, 0.1) is 16.3 Å². The lowest BCUT2D eigenvalue weighted by Gasteiger charge is -2.41. The van der Waals surface area contributed by atoms with E-state index in [1.165, 1.54) is 61.9 Å². The molecule has 0 aromatic heterocycles. The Morgan fingerprint density at radius 2 is 1.67 bits per heavy atom. The molecule has 0 unspecified atom stereocenters. The molecule has 30 heavy (non-hydrogen) atoms. The van der Waals surface area contributed by atoms with Gasteiger partial charge in [0.1, 0.15) is 5.82 Å². The molecule has 3 aliphatic rings. The van der Waals surface area contributed by atoms with E-state index >= 15 is 0 Å². The van der Waals surface area contributed by atoms with E-state index in [1.54, 1.807) is 18.2 Å². The zero-order valence-corrected chi connectivity index (χ0v) is 18.9. The maximum Gasteiger partial charge on any atom is 0.242 e. The molecule has 3 aliphatic heterocycles. The molecule has 0 spiro atoms. The summed E-state index contributed by atoms with van der Waals surface area (Å²) in [5, 5.41) is 0. The van der Waals surface area contributed by atoms with Gasteiger partial charge < -0.3 is 4.90 Å². The molecule has 2 saturated heterocycles. The number of anilines is 2. The molecule has 0 aliphatic carbocycles.